The van der Waals surface area contributed by atoms with Crippen LogP contribution in [-0.2, 0) is 9.63 Å². The zero-order chi connectivity index (χ0) is 5.82. The first-order valence-electron chi connectivity index (χ1n) is 2.43. The van der Waals surface area contributed by atoms with Crippen molar-refractivity contribution in [1.82, 2.24) is 5.48 Å². The highest BCUT2D eigenvalue weighted by Gasteiger charge is 2.03. The Morgan fingerprint density at radius 1 is 1.88 bits per heavy atom. The average Bonchev–Trinajstić information content (AvgIpc) is 1.90. The van der Waals surface area contributed by atoms with Crippen LogP contribution in [0.4, 0.5) is 0 Å². The quantitative estimate of drug-likeness (QED) is 0.373. The third kappa shape index (κ3) is 1.15. The van der Waals surface area contributed by atoms with Gasteiger partial charge in [-0.15, -0.1) is 0 Å². The highest BCUT2D eigenvalue weighted by molar-refractivity contribution is 5.60. The topological polar surface area (TPSA) is 38.3 Å². The Balaban J connectivity index is 2.42. The minimum absolute atomic E-state index is 0.247. The lowest BCUT2D eigenvalue weighted by atomic mass is 10.3. The van der Waals surface area contributed by atoms with Crippen molar-refractivity contribution in [3.05, 3.63) is 12.2 Å². The van der Waals surface area contributed by atoms with Crippen LogP contribution in [0.2, 0.25) is 0 Å². The summed E-state index contributed by atoms with van der Waals surface area (Å²) in [5, 5.41) is 0. The van der Waals surface area contributed by atoms with Gasteiger partial charge in [0.1, 0.15) is 12.3 Å². The predicted molar refractivity (Wildman–Crippen MR) is 28.1 cm³/mol. The van der Waals surface area contributed by atoms with E-state index in [0.717, 1.165) is 6.29 Å². The maximum absolute atomic E-state index is 9.97. The maximum Gasteiger partial charge on any atom is 0.143 e. The van der Waals surface area contributed by atoms with Crippen molar-refractivity contribution in [3.8, 4) is 0 Å². The Labute approximate surface area is 47.3 Å². The van der Waals surface area contributed by atoms with E-state index in [2.05, 4.69) is 5.48 Å². The first-order valence-corrected chi connectivity index (χ1v) is 2.43. The van der Waals surface area contributed by atoms with Gasteiger partial charge in [0.2, 0.25) is 0 Å². The van der Waals surface area contributed by atoms with E-state index in [1.54, 1.807) is 12.2 Å². The van der Waals surface area contributed by atoms with Crippen LogP contribution in [-0.4, -0.2) is 18.9 Å². The number of hydrogen-bond donors (Lipinski definition) is 1. The summed E-state index contributed by atoms with van der Waals surface area (Å²) in [5.41, 5.74) is 2.51. The fourth-order valence-corrected chi connectivity index (χ4v) is 0.507. The molecule has 0 saturated heterocycles. The number of hydroxylamine groups is 1. The fourth-order valence-electron chi connectivity index (χ4n) is 0.507. The van der Waals surface area contributed by atoms with Crippen LogP contribution in [0.25, 0.3) is 0 Å². The fraction of sp³-hybridized carbons (Fsp3) is 0.400. The van der Waals surface area contributed by atoms with Gasteiger partial charge >= 0.3 is 0 Å². The van der Waals surface area contributed by atoms with Crippen LogP contribution in [0.1, 0.15) is 0 Å². The third-order valence-corrected chi connectivity index (χ3v) is 0.889. The van der Waals surface area contributed by atoms with E-state index in [-0.39, 0.29) is 6.04 Å². The molecule has 0 aromatic heterocycles. The highest BCUT2D eigenvalue weighted by atomic mass is 16.6. The van der Waals surface area contributed by atoms with Gasteiger partial charge in [0.15, 0.2) is 0 Å². The van der Waals surface area contributed by atoms with E-state index in [1.807, 2.05) is 0 Å². The molecule has 1 N–H and O–H groups in total. The van der Waals surface area contributed by atoms with Crippen LogP contribution in [0.5, 0.6) is 0 Å². The van der Waals surface area contributed by atoms with Crippen molar-refractivity contribution < 1.29 is 9.63 Å². The van der Waals surface area contributed by atoms with Crippen molar-refractivity contribution in [3.63, 3.8) is 0 Å². The minimum Gasteiger partial charge on any atom is -0.301 e. The van der Waals surface area contributed by atoms with E-state index < -0.39 is 0 Å². The Bertz CT molecular complexity index is 111. The standard InChI is InChI=1S/C5H7NO2/c7-4-5-2-1-3-8-6-5/h1-2,4-6H,3H2. The Morgan fingerprint density at radius 2 is 2.75 bits per heavy atom. The molecule has 1 atom stereocenters. The largest absolute Gasteiger partial charge is 0.301 e. The summed E-state index contributed by atoms with van der Waals surface area (Å²) in [6.45, 7) is 0.546. The van der Waals surface area contributed by atoms with Crippen molar-refractivity contribution >= 4 is 6.29 Å². The lowest BCUT2D eigenvalue weighted by Gasteiger charge is -2.10. The number of aldehydes is 1. The van der Waals surface area contributed by atoms with Crippen LogP contribution in [0, 0.1) is 0 Å². The summed E-state index contributed by atoms with van der Waals surface area (Å²) in [6.07, 6.45) is 4.35. The number of rotatable bonds is 1. The average molecular weight is 113 g/mol. The van der Waals surface area contributed by atoms with Gasteiger partial charge in [-0.05, 0) is 0 Å². The lowest BCUT2D eigenvalue weighted by Crippen LogP contribution is -2.31. The molecule has 0 aromatic rings. The molecular weight excluding hydrogens is 106 g/mol. The summed E-state index contributed by atoms with van der Waals surface area (Å²) in [5.74, 6) is 0. The second kappa shape index (κ2) is 2.59. The molecular formula is C5H7NO2. The van der Waals surface area contributed by atoms with E-state index in [0.29, 0.717) is 6.61 Å². The van der Waals surface area contributed by atoms with Gasteiger partial charge in [0.05, 0.1) is 6.61 Å². The SMILES string of the molecule is O=CC1C=CCON1. The molecule has 0 saturated carbocycles. The monoisotopic (exact) mass is 113 g/mol. The summed E-state index contributed by atoms with van der Waals surface area (Å²) < 4.78 is 0. The van der Waals surface area contributed by atoms with Gasteiger partial charge in [-0.3, -0.25) is 4.84 Å². The van der Waals surface area contributed by atoms with Gasteiger partial charge in [0, 0.05) is 0 Å². The number of carbonyl (C=O) groups is 1. The molecule has 0 radical (unpaired) electrons. The molecule has 1 heterocycles. The normalized spacial score (nSPS) is 27.8. The van der Waals surface area contributed by atoms with Gasteiger partial charge < -0.3 is 4.79 Å². The zero-order valence-electron chi connectivity index (χ0n) is 4.33. The second-order valence-electron chi connectivity index (χ2n) is 1.52. The first kappa shape index (κ1) is 5.47. The highest BCUT2D eigenvalue weighted by Crippen LogP contribution is 1.88. The molecule has 0 bridgehead atoms. The van der Waals surface area contributed by atoms with E-state index in [4.69, 9.17) is 4.84 Å². The second-order valence-corrected chi connectivity index (χ2v) is 1.52. The van der Waals surface area contributed by atoms with Crippen LogP contribution in [0.3, 0.4) is 0 Å². The molecule has 1 unspecified atom stereocenters. The Hall–Kier alpha value is -0.670. The summed E-state index contributed by atoms with van der Waals surface area (Å²) in [7, 11) is 0. The molecule has 0 amide bonds. The van der Waals surface area contributed by atoms with Gasteiger partial charge in [-0.2, -0.15) is 5.48 Å². The Morgan fingerprint density at radius 3 is 3.12 bits per heavy atom. The van der Waals surface area contributed by atoms with E-state index >= 15 is 0 Å². The van der Waals surface area contributed by atoms with Crippen molar-refractivity contribution in [1.29, 1.82) is 0 Å². The molecule has 0 aliphatic carbocycles. The van der Waals surface area contributed by atoms with Crippen LogP contribution < -0.4 is 5.48 Å². The molecule has 3 heteroatoms. The first-order chi connectivity index (χ1) is 3.93. The van der Waals surface area contributed by atoms with E-state index in [1.165, 1.54) is 0 Å². The lowest BCUT2D eigenvalue weighted by molar-refractivity contribution is -0.112. The summed E-state index contributed by atoms with van der Waals surface area (Å²) in [6, 6.07) is -0.247. The van der Waals surface area contributed by atoms with Crippen LogP contribution >= 0.6 is 0 Å². The molecule has 0 fully saturated rings. The molecule has 0 aromatic carbocycles. The molecule has 44 valence electrons. The molecule has 1 aliphatic heterocycles. The van der Waals surface area contributed by atoms with Crippen molar-refractivity contribution in [2.45, 2.75) is 6.04 Å². The van der Waals surface area contributed by atoms with Crippen molar-refractivity contribution in [2.24, 2.45) is 0 Å². The molecule has 1 aliphatic rings. The molecule has 1 rings (SSSR count). The summed E-state index contributed by atoms with van der Waals surface area (Å²) in [4.78, 5) is 14.7. The number of hydrogen-bond acceptors (Lipinski definition) is 3. The minimum atomic E-state index is -0.247. The molecule has 0 spiro atoms. The Kier molecular flexibility index (Phi) is 1.77. The maximum atomic E-state index is 9.97. The zero-order valence-corrected chi connectivity index (χ0v) is 4.33. The predicted octanol–water partition coefficient (Wildman–Crippen LogP) is -0.355. The number of nitrogens with one attached hydrogen (secondary N) is 1. The van der Waals surface area contributed by atoms with Crippen LogP contribution in [0.15, 0.2) is 12.2 Å². The smallest absolute Gasteiger partial charge is 0.143 e. The van der Waals surface area contributed by atoms with E-state index in [9.17, 15) is 4.79 Å². The number of carbonyl (C=O) groups excluding carboxylic acids is 1. The van der Waals surface area contributed by atoms with Crippen molar-refractivity contribution in [2.75, 3.05) is 6.61 Å². The summed E-state index contributed by atoms with van der Waals surface area (Å²) >= 11 is 0. The third-order valence-electron chi connectivity index (χ3n) is 0.889. The molecule has 3 nitrogen and oxygen atoms in total. The van der Waals surface area contributed by atoms with Gasteiger partial charge in [0.25, 0.3) is 0 Å². The van der Waals surface area contributed by atoms with Gasteiger partial charge in [-0.25, -0.2) is 0 Å². The van der Waals surface area contributed by atoms with Gasteiger partial charge in [-0.1, -0.05) is 12.2 Å². The molecule has 8 heavy (non-hydrogen) atoms.